The van der Waals surface area contributed by atoms with E-state index in [9.17, 15) is 4.79 Å². The number of ether oxygens (including phenoxy) is 5. The SMILES string of the molecule is C.C.C.COCC(O)COC.COCC1OC(n2ccc3c(=O)[nH]c(N)nc32)CC1OC. The summed E-state index contributed by atoms with van der Waals surface area (Å²) in [6.45, 7) is 1.13. The molecule has 3 heterocycles. The van der Waals surface area contributed by atoms with Crippen LogP contribution in [0.1, 0.15) is 34.9 Å². The van der Waals surface area contributed by atoms with Crippen molar-refractivity contribution in [1.82, 2.24) is 14.5 Å². The van der Waals surface area contributed by atoms with E-state index in [0.717, 1.165) is 0 Å². The van der Waals surface area contributed by atoms with Gasteiger partial charge in [-0.05, 0) is 6.07 Å². The normalized spacial score (nSPS) is 19.5. The minimum Gasteiger partial charge on any atom is -0.388 e. The Morgan fingerprint density at radius 2 is 1.84 bits per heavy atom. The number of nitrogens with zero attached hydrogens (tertiary/aromatic N) is 2. The summed E-state index contributed by atoms with van der Waals surface area (Å²) >= 11 is 0. The molecule has 0 saturated carbocycles. The molecule has 0 spiro atoms. The summed E-state index contributed by atoms with van der Waals surface area (Å²) in [7, 11) is 6.35. The molecule has 0 aromatic carbocycles. The topological polar surface area (TPSA) is 143 Å². The average Bonchev–Trinajstić information content (AvgIpc) is 3.27. The standard InChI is InChI=1S/C13H18N4O4.C5H12O3.3CH4/c1-19-6-9-8(20-2)5-10(21-9)17-4-3-7-11(17)15-13(14)16-12(7)18;1-7-3-5(6)4-8-2;;;/h3-4,8-10H,5-6H2,1-2H3,(H3,14,15,16,18);5-6H,3-4H2,1-2H3;3*1H4. The summed E-state index contributed by atoms with van der Waals surface area (Å²) in [6, 6.07) is 1.70. The van der Waals surface area contributed by atoms with Crippen LogP contribution in [0.4, 0.5) is 5.95 Å². The van der Waals surface area contributed by atoms with Crippen molar-refractivity contribution in [2.75, 3.05) is 54.0 Å². The maximum atomic E-state index is 11.8. The zero-order valence-electron chi connectivity index (χ0n) is 17.2. The predicted molar refractivity (Wildman–Crippen MR) is 126 cm³/mol. The van der Waals surface area contributed by atoms with Gasteiger partial charge in [0, 0.05) is 41.1 Å². The molecule has 3 unspecified atom stereocenters. The van der Waals surface area contributed by atoms with Crippen LogP contribution in [0.15, 0.2) is 17.1 Å². The number of anilines is 1. The van der Waals surface area contributed by atoms with Gasteiger partial charge in [0.1, 0.15) is 18.4 Å². The fraction of sp³-hybridized carbons (Fsp3) is 0.714. The van der Waals surface area contributed by atoms with Gasteiger partial charge in [0.05, 0.1) is 31.3 Å². The predicted octanol–water partition coefficient (Wildman–Crippen LogP) is 1.80. The molecule has 1 aliphatic rings. The number of nitrogens with one attached hydrogen (secondary N) is 1. The number of hydrogen-bond acceptors (Lipinski definition) is 9. The lowest BCUT2D eigenvalue weighted by Gasteiger charge is -2.16. The minimum absolute atomic E-state index is 0. The molecule has 4 N–H and O–H groups in total. The summed E-state index contributed by atoms with van der Waals surface area (Å²) in [5, 5.41) is 9.28. The van der Waals surface area contributed by atoms with Crippen molar-refractivity contribution in [3.05, 3.63) is 22.6 Å². The van der Waals surface area contributed by atoms with Crippen molar-refractivity contribution in [3.63, 3.8) is 0 Å². The number of rotatable bonds is 8. The van der Waals surface area contributed by atoms with Crippen molar-refractivity contribution in [1.29, 1.82) is 0 Å². The lowest BCUT2D eigenvalue weighted by Crippen LogP contribution is -2.27. The molecule has 3 atom stereocenters. The van der Waals surface area contributed by atoms with Crippen LogP contribution in [0.3, 0.4) is 0 Å². The molecular weight excluding hydrogens is 420 g/mol. The van der Waals surface area contributed by atoms with E-state index < -0.39 is 6.10 Å². The summed E-state index contributed by atoms with van der Waals surface area (Å²) in [6.07, 6.45) is 1.47. The van der Waals surface area contributed by atoms with Crippen molar-refractivity contribution in [2.45, 2.75) is 53.2 Å². The molecule has 0 aliphatic carbocycles. The number of aliphatic hydroxyl groups excluding tert-OH is 1. The second-order valence-corrected chi connectivity index (χ2v) is 6.57. The molecule has 1 saturated heterocycles. The fourth-order valence-corrected chi connectivity index (χ4v) is 3.16. The first-order valence-electron chi connectivity index (χ1n) is 9.14. The highest BCUT2D eigenvalue weighted by Gasteiger charge is 2.36. The molecule has 1 fully saturated rings. The summed E-state index contributed by atoms with van der Waals surface area (Å²) in [4.78, 5) is 18.5. The first-order chi connectivity index (χ1) is 13.9. The number of nitrogens with two attached hydrogens (primary N) is 1. The van der Waals surface area contributed by atoms with E-state index in [1.807, 2.05) is 4.57 Å². The number of aromatic nitrogens is 3. The van der Waals surface area contributed by atoms with Crippen LogP contribution in [0.25, 0.3) is 11.0 Å². The fourth-order valence-electron chi connectivity index (χ4n) is 3.16. The van der Waals surface area contributed by atoms with Gasteiger partial charge in [0.25, 0.3) is 5.56 Å². The Morgan fingerprint density at radius 3 is 2.38 bits per heavy atom. The molecule has 11 nitrogen and oxygen atoms in total. The second-order valence-electron chi connectivity index (χ2n) is 6.57. The van der Waals surface area contributed by atoms with E-state index in [-0.39, 0.29) is 52.2 Å². The van der Waals surface area contributed by atoms with Gasteiger partial charge >= 0.3 is 0 Å². The smallest absolute Gasteiger partial charge is 0.261 e. The van der Waals surface area contributed by atoms with Crippen molar-refractivity contribution in [3.8, 4) is 0 Å². The quantitative estimate of drug-likeness (QED) is 0.535. The molecule has 0 bridgehead atoms. The Morgan fingerprint density at radius 1 is 1.22 bits per heavy atom. The van der Waals surface area contributed by atoms with Gasteiger partial charge in [0.15, 0.2) is 5.65 Å². The van der Waals surface area contributed by atoms with E-state index in [1.165, 1.54) is 0 Å². The van der Waals surface area contributed by atoms with Gasteiger partial charge in [0.2, 0.25) is 5.95 Å². The molecule has 2 aromatic heterocycles. The molecule has 11 heteroatoms. The van der Waals surface area contributed by atoms with Crippen LogP contribution in [0, 0.1) is 0 Å². The highest BCUT2D eigenvalue weighted by atomic mass is 16.6. The number of methoxy groups -OCH3 is 4. The Kier molecular flexibility index (Phi) is 15.8. The average molecular weight is 463 g/mol. The van der Waals surface area contributed by atoms with Gasteiger partial charge in [-0.25, -0.2) is 0 Å². The first-order valence-corrected chi connectivity index (χ1v) is 9.14. The van der Waals surface area contributed by atoms with Crippen LogP contribution in [0.5, 0.6) is 0 Å². The van der Waals surface area contributed by atoms with Crippen LogP contribution >= 0.6 is 0 Å². The number of fused-ring (bicyclic) bond motifs is 1. The van der Waals surface area contributed by atoms with E-state index in [4.69, 9.17) is 25.1 Å². The first kappa shape index (κ1) is 32.2. The van der Waals surface area contributed by atoms with E-state index >= 15 is 0 Å². The minimum atomic E-state index is -0.481. The molecular formula is C21H42N4O7. The van der Waals surface area contributed by atoms with Crippen LogP contribution in [0.2, 0.25) is 0 Å². The monoisotopic (exact) mass is 462 g/mol. The maximum absolute atomic E-state index is 11.8. The lowest BCUT2D eigenvalue weighted by molar-refractivity contribution is -0.0596. The van der Waals surface area contributed by atoms with Gasteiger partial charge in [-0.1, -0.05) is 22.3 Å². The number of H-pyrrole nitrogens is 1. The van der Waals surface area contributed by atoms with Crippen molar-refractivity contribution >= 4 is 17.0 Å². The molecule has 1 aliphatic heterocycles. The number of nitrogen functional groups attached to an aromatic ring is 1. The largest absolute Gasteiger partial charge is 0.388 e. The second kappa shape index (κ2) is 15.7. The molecule has 32 heavy (non-hydrogen) atoms. The van der Waals surface area contributed by atoms with Crippen molar-refractivity contribution in [2.24, 2.45) is 0 Å². The third-order valence-electron chi connectivity index (χ3n) is 4.44. The zero-order chi connectivity index (χ0) is 21.4. The number of aliphatic hydroxyl groups is 1. The molecule has 0 radical (unpaired) electrons. The number of aromatic amines is 1. The zero-order valence-corrected chi connectivity index (χ0v) is 17.2. The molecule has 2 aromatic rings. The van der Waals surface area contributed by atoms with Crippen LogP contribution in [-0.4, -0.2) is 86.2 Å². The van der Waals surface area contributed by atoms with E-state index in [0.29, 0.717) is 37.3 Å². The maximum Gasteiger partial charge on any atom is 0.261 e. The van der Waals surface area contributed by atoms with Gasteiger partial charge in [-0.15, -0.1) is 0 Å². The Bertz CT molecular complexity index is 805. The summed E-state index contributed by atoms with van der Waals surface area (Å²) < 4.78 is 27.6. The van der Waals surface area contributed by atoms with Gasteiger partial charge < -0.3 is 39.1 Å². The number of hydrogen-bond donors (Lipinski definition) is 3. The van der Waals surface area contributed by atoms with Crippen LogP contribution < -0.4 is 11.3 Å². The Labute approximate surface area is 190 Å². The third kappa shape index (κ3) is 8.15. The molecule has 188 valence electrons. The molecule has 3 rings (SSSR count). The highest BCUT2D eigenvalue weighted by molar-refractivity contribution is 5.76. The highest BCUT2D eigenvalue weighted by Crippen LogP contribution is 2.32. The lowest BCUT2D eigenvalue weighted by atomic mass is 10.2. The van der Waals surface area contributed by atoms with E-state index in [2.05, 4.69) is 19.4 Å². The van der Waals surface area contributed by atoms with Crippen LogP contribution in [-0.2, 0) is 23.7 Å². The summed E-state index contributed by atoms with van der Waals surface area (Å²) in [5.74, 6) is 0.0854. The summed E-state index contributed by atoms with van der Waals surface area (Å²) in [5.41, 5.74) is 5.86. The van der Waals surface area contributed by atoms with E-state index in [1.54, 1.807) is 40.7 Å². The van der Waals surface area contributed by atoms with Crippen molar-refractivity contribution < 1.29 is 28.8 Å². The Hall–Kier alpha value is -2.02. The third-order valence-corrected chi connectivity index (χ3v) is 4.44. The van der Waals surface area contributed by atoms with Gasteiger partial charge in [-0.3, -0.25) is 9.78 Å². The molecule has 0 amide bonds. The van der Waals surface area contributed by atoms with Gasteiger partial charge in [-0.2, -0.15) is 4.98 Å². The Balaban J connectivity index is 0.